The number of benzene rings is 1. The van der Waals surface area contributed by atoms with Gasteiger partial charge in [-0.3, -0.25) is 4.79 Å². The second-order valence-electron chi connectivity index (χ2n) is 11.5. The number of amides is 1. The van der Waals surface area contributed by atoms with Crippen LogP contribution in [0.2, 0.25) is 0 Å². The van der Waals surface area contributed by atoms with Crippen molar-refractivity contribution in [2.24, 2.45) is 0 Å². The van der Waals surface area contributed by atoms with Crippen LogP contribution < -0.4 is 9.30 Å². The number of nitrogens with zero attached hydrogens (tertiary/aromatic N) is 2. The van der Waals surface area contributed by atoms with Crippen LogP contribution in [-0.2, 0) is 29.8 Å². The monoisotopic (exact) mass is 509 g/mol. The molecule has 1 aromatic carbocycles. The van der Waals surface area contributed by atoms with Crippen LogP contribution in [0.3, 0.4) is 0 Å². The Morgan fingerprint density at radius 2 is 1.38 bits per heavy atom. The van der Waals surface area contributed by atoms with Crippen molar-refractivity contribution in [2.75, 3.05) is 6.61 Å². The van der Waals surface area contributed by atoms with Crippen LogP contribution in [0, 0.1) is 0 Å². The third kappa shape index (κ3) is 11.7. The lowest BCUT2D eigenvalue weighted by Crippen LogP contribution is -2.32. The Balaban J connectivity index is 1.89. The van der Waals surface area contributed by atoms with Crippen molar-refractivity contribution in [3.05, 3.63) is 59.4 Å². The maximum Gasteiger partial charge on any atom is 0.220 e. The van der Waals surface area contributed by atoms with E-state index in [1.165, 1.54) is 63.4 Å². The van der Waals surface area contributed by atoms with Gasteiger partial charge in [-0.2, -0.15) is 0 Å². The predicted octanol–water partition coefficient (Wildman–Crippen LogP) is 8.14. The average molecular weight is 510 g/mol. The Bertz CT molecular complexity index is 915. The molecule has 2 rings (SSSR count). The number of hydrogen-bond acceptors (Lipinski definition) is 2. The van der Waals surface area contributed by atoms with Crippen LogP contribution in [0.4, 0.5) is 0 Å². The summed E-state index contributed by atoms with van der Waals surface area (Å²) in [4.78, 5) is 14.4. The van der Waals surface area contributed by atoms with Gasteiger partial charge in [0, 0.05) is 32.1 Å². The number of hydrogen-bond donors (Lipinski definition) is 0. The number of pyridine rings is 1. The molecule has 0 N–H and O–H groups in total. The Labute approximate surface area is 227 Å². The van der Waals surface area contributed by atoms with E-state index in [-0.39, 0.29) is 11.3 Å². The van der Waals surface area contributed by atoms with E-state index in [0.717, 1.165) is 36.4 Å². The second-order valence-corrected chi connectivity index (χ2v) is 11.5. The fourth-order valence-electron chi connectivity index (χ4n) is 4.68. The van der Waals surface area contributed by atoms with E-state index < -0.39 is 0 Å². The molecule has 0 fully saturated rings. The molecule has 0 saturated carbocycles. The predicted molar refractivity (Wildman–Crippen MR) is 155 cm³/mol. The van der Waals surface area contributed by atoms with Gasteiger partial charge in [-0.15, -0.1) is 0 Å². The highest BCUT2D eigenvalue weighted by molar-refractivity contribution is 5.73. The Morgan fingerprint density at radius 3 is 1.92 bits per heavy atom. The molecule has 1 amide bonds. The summed E-state index contributed by atoms with van der Waals surface area (Å²) in [6, 6.07) is 10.7. The third-order valence-electron chi connectivity index (χ3n) is 7.12. The number of aromatic nitrogens is 1. The highest BCUT2D eigenvalue weighted by atomic mass is 16.5. The van der Waals surface area contributed by atoms with Gasteiger partial charge in [0.05, 0.1) is 6.61 Å². The zero-order chi connectivity index (χ0) is 27.1. The van der Waals surface area contributed by atoms with E-state index in [1.807, 2.05) is 4.90 Å². The van der Waals surface area contributed by atoms with Crippen molar-refractivity contribution in [2.45, 2.75) is 131 Å². The molecule has 1 aromatic heterocycles. The van der Waals surface area contributed by atoms with Crippen LogP contribution in [0.5, 0.6) is 5.75 Å². The quantitative estimate of drug-likeness (QED) is 0.159. The molecule has 206 valence electrons. The summed E-state index contributed by atoms with van der Waals surface area (Å²) >= 11 is 0. The Kier molecular flexibility index (Phi) is 13.7. The average Bonchev–Trinajstić information content (AvgIpc) is 2.87. The van der Waals surface area contributed by atoms with Crippen LogP contribution in [0.1, 0.15) is 122 Å². The Morgan fingerprint density at radius 1 is 0.811 bits per heavy atom. The number of unbranched alkanes of at least 4 members (excludes halogenated alkanes) is 9. The van der Waals surface area contributed by atoms with Gasteiger partial charge < -0.3 is 9.64 Å². The highest BCUT2D eigenvalue weighted by Gasteiger charge is 2.21. The minimum Gasteiger partial charge on any atom is -0.493 e. The SMILES string of the molecule is CCCCCCCCCCCCOc1ccc(CN(Cc2cc[n+](CC)cc2)C(C)=O)cc1C(C)(C)C. The summed E-state index contributed by atoms with van der Waals surface area (Å²) in [5, 5.41) is 0. The van der Waals surface area contributed by atoms with Crippen LogP contribution in [-0.4, -0.2) is 17.4 Å². The summed E-state index contributed by atoms with van der Waals surface area (Å²) in [6.45, 7) is 15.7. The van der Waals surface area contributed by atoms with Crippen molar-refractivity contribution in [1.29, 1.82) is 0 Å². The molecule has 0 aliphatic heterocycles. The largest absolute Gasteiger partial charge is 0.493 e. The third-order valence-corrected chi connectivity index (χ3v) is 7.12. The van der Waals surface area contributed by atoms with Crippen molar-refractivity contribution >= 4 is 5.91 Å². The van der Waals surface area contributed by atoms with Crippen molar-refractivity contribution in [3.8, 4) is 5.75 Å². The fraction of sp³-hybridized carbons (Fsp3) is 0.636. The van der Waals surface area contributed by atoms with E-state index in [2.05, 4.69) is 81.9 Å². The standard InChI is InChI=1S/C33H53N2O2/c1-7-9-10-11-12-13-14-15-16-17-24-37-32-19-18-30(25-31(32)33(4,5)6)27-35(28(3)36)26-29-20-22-34(8-2)23-21-29/h18-23,25H,7-17,24,26-27H2,1-6H3/q+1. The van der Waals surface area contributed by atoms with Crippen LogP contribution in [0.15, 0.2) is 42.7 Å². The summed E-state index contributed by atoms with van der Waals surface area (Å²) in [5.41, 5.74) is 3.47. The van der Waals surface area contributed by atoms with Gasteiger partial charge in [0.25, 0.3) is 0 Å². The molecule has 37 heavy (non-hydrogen) atoms. The smallest absolute Gasteiger partial charge is 0.220 e. The van der Waals surface area contributed by atoms with E-state index in [4.69, 9.17) is 4.74 Å². The molecule has 0 aliphatic carbocycles. The second kappa shape index (κ2) is 16.5. The van der Waals surface area contributed by atoms with Crippen LogP contribution in [0.25, 0.3) is 0 Å². The lowest BCUT2D eigenvalue weighted by molar-refractivity contribution is -0.693. The number of aryl methyl sites for hydroxylation is 1. The van der Waals surface area contributed by atoms with Gasteiger partial charge in [-0.1, -0.05) is 91.5 Å². The molecule has 0 radical (unpaired) electrons. The molecule has 0 bridgehead atoms. The number of ether oxygens (including phenoxy) is 1. The summed E-state index contributed by atoms with van der Waals surface area (Å²) in [5.74, 6) is 1.07. The van der Waals surface area contributed by atoms with E-state index in [1.54, 1.807) is 6.92 Å². The first-order valence-corrected chi connectivity index (χ1v) is 14.7. The fourth-order valence-corrected chi connectivity index (χ4v) is 4.68. The molecule has 4 nitrogen and oxygen atoms in total. The first kappa shape index (κ1) is 30.9. The first-order chi connectivity index (χ1) is 17.7. The first-order valence-electron chi connectivity index (χ1n) is 14.7. The number of carbonyl (C=O) groups is 1. The lowest BCUT2D eigenvalue weighted by Gasteiger charge is -2.26. The molecule has 4 heteroatoms. The zero-order valence-corrected chi connectivity index (χ0v) is 24.7. The van der Waals surface area contributed by atoms with E-state index >= 15 is 0 Å². The number of rotatable bonds is 17. The Hall–Kier alpha value is -2.36. The van der Waals surface area contributed by atoms with Gasteiger partial charge in [0.2, 0.25) is 5.91 Å². The van der Waals surface area contributed by atoms with Gasteiger partial charge in [0.15, 0.2) is 12.4 Å². The number of carbonyl (C=O) groups excluding carboxylic acids is 1. The maximum atomic E-state index is 12.4. The van der Waals surface area contributed by atoms with Crippen molar-refractivity contribution < 1.29 is 14.1 Å². The summed E-state index contributed by atoms with van der Waals surface area (Å²) in [7, 11) is 0. The van der Waals surface area contributed by atoms with Gasteiger partial charge in [0.1, 0.15) is 12.3 Å². The lowest BCUT2D eigenvalue weighted by atomic mass is 9.85. The van der Waals surface area contributed by atoms with Gasteiger partial charge in [-0.25, -0.2) is 4.57 Å². The molecule has 2 aromatic rings. The molecular weight excluding hydrogens is 456 g/mol. The summed E-state index contributed by atoms with van der Waals surface area (Å²) < 4.78 is 8.41. The molecule has 0 saturated heterocycles. The van der Waals surface area contributed by atoms with Gasteiger partial charge in [-0.05, 0) is 47.6 Å². The van der Waals surface area contributed by atoms with Crippen LogP contribution >= 0.6 is 0 Å². The molecule has 0 atom stereocenters. The summed E-state index contributed by atoms with van der Waals surface area (Å²) in [6.07, 6.45) is 17.4. The van der Waals surface area contributed by atoms with Crippen molar-refractivity contribution in [3.63, 3.8) is 0 Å². The van der Waals surface area contributed by atoms with E-state index in [0.29, 0.717) is 13.1 Å². The molecule has 0 aliphatic rings. The topological polar surface area (TPSA) is 33.4 Å². The molecule has 1 heterocycles. The molecular formula is C33H53N2O2+. The van der Waals surface area contributed by atoms with E-state index in [9.17, 15) is 4.79 Å². The minimum atomic E-state index is -0.0304. The minimum absolute atomic E-state index is 0.0304. The zero-order valence-electron chi connectivity index (χ0n) is 24.7. The molecule has 0 spiro atoms. The van der Waals surface area contributed by atoms with Crippen molar-refractivity contribution in [1.82, 2.24) is 4.90 Å². The normalized spacial score (nSPS) is 11.5. The highest BCUT2D eigenvalue weighted by Crippen LogP contribution is 2.33. The molecule has 0 unspecified atom stereocenters. The maximum absolute atomic E-state index is 12.4. The van der Waals surface area contributed by atoms with Gasteiger partial charge >= 0.3 is 0 Å².